The first kappa shape index (κ1) is 24.2. The highest BCUT2D eigenvalue weighted by molar-refractivity contribution is 7.89. The van der Waals surface area contributed by atoms with E-state index >= 15 is 0 Å². The van der Waals surface area contributed by atoms with Crippen molar-refractivity contribution in [2.24, 2.45) is 0 Å². The minimum Gasteiger partial charge on any atom is -0.379 e. The third-order valence-corrected chi connectivity index (χ3v) is 7.25. The summed E-state index contributed by atoms with van der Waals surface area (Å²) < 4.78 is 32.4. The lowest BCUT2D eigenvalue weighted by atomic mass is 10.1. The number of hydrogen-bond acceptors (Lipinski definition) is 5. The van der Waals surface area contributed by atoms with Gasteiger partial charge in [0.25, 0.3) is 0 Å². The van der Waals surface area contributed by atoms with Crippen molar-refractivity contribution in [1.82, 2.24) is 9.21 Å². The van der Waals surface area contributed by atoms with Crippen molar-refractivity contribution in [3.8, 4) is 12.3 Å². The van der Waals surface area contributed by atoms with Crippen LogP contribution in [0, 0.1) is 19.3 Å². The molecule has 0 unspecified atom stereocenters. The molecule has 1 aliphatic heterocycles. The van der Waals surface area contributed by atoms with E-state index in [2.05, 4.69) is 11.2 Å². The number of sulfonamides is 1. The van der Waals surface area contributed by atoms with E-state index in [1.165, 1.54) is 22.5 Å². The van der Waals surface area contributed by atoms with Gasteiger partial charge >= 0.3 is 0 Å². The van der Waals surface area contributed by atoms with E-state index in [1.807, 2.05) is 36.1 Å². The second-order valence-electron chi connectivity index (χ2n) is 7.54. The molecule has 9 heteroatoms. The van der Waals surface area contributed by atoms with E-state index in [4.69, 9.17) is 22.8 Å². The predicted molar refractivity (Wildman–Crippen MR) is 125 cm³/mol. The van der Waals surface area contributed by atoms with Gasteiger partial charge in [0.15, 0.2) is 0 Å². The number of amides is 1. The number of carbonyl (C=O) groups excluding carboxylic acids is 1. The van der Waals surface area contributed by atoms with Gasteiger partial charge in [-0.05, 0) is 30.7 Å². The van der Waals surface area contributed by atoms with Crippen molar-refractivity contribution in [1.29, 1.82) is 0 Å². The van der Waals surface area contributed by atoms with Crippen molar-refractivity contribution in [3.63, 3.8) is 0 Å². The quantitative estimate of drug-likeness (QED) is 0.594. The van der Waals surface area contributed by atoms with Crippen molar-refractivity contribution in [2.75, 3.05) is 44.7 Å². The molecule has 0 saturated carbocycles. The molecule has 0 spiro atoms. The van der Waals surface area contributed by atoms with Crippen LogP contribution in [-0.4, -0.2) is 62.9 Å². The molecular weight excluding hydrogens is 450 g/mol. The minimum atomic E-state index is -3.71. The number of terminal acetylenes is 1. The van der Waals surface area contributed by atoms with Crippen LogP contribution in [0.3, 0.4) is 0 Å². The van der Waals surface area contributed by atoms with Crippen LogP contribution in [0.5, 0.6) is 0 Å². The van der Waals surface area contributed by atoms with Gasteiger partial charge in [-0.25, -0.2) is 8.42 Å². The Bertz CT molecular complexity index is 1090. The first-order chi connectivity index (χ1) is 15.3. The van der Waals surface area contributed by atoms with Crippen LogP contribution in [0.25, 0.3) is 0 Å². The number of nitrogens with one attached hydrogen (secondary N) is 1. The van der Waals surface area contributed by atoms with Crippen LogP contribution in [-0.2, 0) is 26.1 Å². The lowest BCUT2D eigenvalue weighted by molar-refractivity contribution is -0.117. The zero-order valence-corrected chi connectivity index (χ0v) is 19.5. The Morgan fingerprint density at radius 3 is 2.56 bits per heavy atom. The molecule has 1 aliphatic rings. The summed E-state index contributed by atoms with van der Waals surface area (Å²) in [6, 6.07) is 12.3. The number of carbonyl (C=O) groups is 1. The fourth-order valence-electron chi connectivity index (χ4n) is 3.34. The third-order valence-electron chi connectivity index (χ3n) is 5.03. The predicted octanol–water partition coefficient (Wildman–Crippen LogP) is 2.74. The molecule has 2 aromatic rings. The summed E-state index contributed by atoms with van der Waals surface area (Å²) in [5, 5.41) is 2.97. The molecule has 1 heterocycles. The normalized spacial score (nSPS) is 14.8. The van der Waals surface area contributed by atoms with E-state index in [0.29, 0.717) is 26.3 Å². The van der Waals surface area contributed by atoms with E-state index < -0.39 is 10.0 Å². The summed E-state index contributed by atoms with van der Waals surface area (Å²) in [7, 11) is -3.71. The molecule has 0 bridgehead atoms. The standard InChI is InChI=1S/C23H26ClN3O4S/c1-3-10-26(16-19-6-4-18(2)5-7-19)17-23(28)25-22-15-20(8-9-21(22)24)32(29,30)27-11-13-31-14-12-27/h1,4-9,15H,10-14,16-17H2,2H3,(H,25,28). The molecule has 3 rings (SSSR count). The van der Waals surface area contributed by atoms with E-state index in [0.717, 1.165) is 11.1 Å². The van der Waals surface area contributed by atoms with Gasteiger partial charge in [0.1, 0.15) is 0 Å². The van der Waals surface area contributed by atoms with E-state index in [1.54, 1.807) is 0 Å². The molecule has 1 fully saturated rings. The maximum Gasteiger partial charge on any atom is 0.243 e. The average molecular weight is 476 g/mol. The zero-order valence-electron chi connectivity index (χ0n) is 17.9. The molecule has 2 aromatic carbocycles. The molecule has 0 aromatic heterocycles. The van der Waals surface area contributed by atoms with Gasteiger partial charge in [0.05, 0.1) is 41.9 Å². The van der Waals surface area contributed by atoms with Gasteiger partial charge < -0.3 is 10.1 Å². The number of ether oxygens (including phenoxy) is 1. The Hall–Kier alpha value is -2.41. The van der Waals surface area contributed by atoms with Gasteiger partial charge in [-0.2, -0.15) is 4.31 Å². The van der Waals surface area contributed by atoms with Gasteiger partial charge in [-0.1, -0.05) is 47.4 Å². The number of aryl methyl sites for hydroxylation is 1. The van der Waals surface area contributed by atoms with Crippen molar-refractivity contribution >= 4 is 33.2 Å². The summed E-state index contributed by atoms with van der Waals surface area (Å²) in [5.74, 6) is 2.23. The number of benzene rings is 2. The Balaban J connectivity index is 1.71. The van der Waals surface area contributed by atoms with Crippen LogP contribution < -0.4 is 5.32 Å². The molecule has 1 amide bonds. The molecular formula is C23H26ClN3O4S. The number of hydrogen-bond donors (Lipinski definition) is 1. The summed E-state index contributed by atoms with van der Waals surface area (Å²) >= 11 is 6.23. The first-order valence-electron chi connectivity index (χ1n) is 10.2. The summed E-state index contributed by atoms with van der Waals surface area (Å²) in [4.78, 5) is 14.6. The molecule has 1 N–H and O–H groups in total. The SMILES string of the molecule is C#CCN(CC(=O)Nc1cc(S(=O)(=O)N2CCOCC2)ccc1Cl)Cc1ccc(C)cc1. The third kappa shape index (κ3) is 6.31. The van der Waals surface area contributed by atoms with E-state index in [9.17, 15) is 13.2 Å². The smallest absolute Gasteiger partial charge is 0.243 e. The molecule has 0 aliphatic carbocycles. The van der Waals surface area contributed by atoms with Crippen molar-refractivity contribution in [2.45, 2.75) is 18.4 Å². The fraction of sp³-hybridized carbons (Fsp3) is 0.348. The highest BCUT2D eigenvalue weighted by atomic mass is 35.5. The summed E-state index contributed by atoms with van der Waals surface area (Å²) in [6.45, 7) is 4.12. The van der Waals surface area contributed by atoms with Crippen LogP contribution in [0.2, 0.25) is 5.02 Å². The average Bonchev–Trinajstić information content (AvgIpc) is 2.77. The van der Waals surface area contributed by atoms with Gasteiger partial charge in [0.2, 0.25) is 15.9 Å². The highest BCUT2D eigenvalue weighted by Crippen LogP contribution is 2.27. The maximum absolute atomic E-state index is 12.9. The number of nitrogens with zero attached hydrogens (tertiary/aromatic N) is 2. The van der Waals surface area contributed by atoms with Crippen molar-refractivity contribution in [3.05, 3.63) is 58.6 Å². The van der Waals surface area contributed by atoms with Gasteiger partial charge in [-0.3, -0.25) is 9.69 Å². The molecule has 7 nitrogen and oxygen atoms in total. The van der Waals surface area contributed by atoms with Crippen LogP contribution >= 0.6 is 11.6 Å². The molecule has 170 valence electrons. The molecule has 0 atom stereocenters. The van der Waals surface area contributed by atoms with Crippen LogP contribution in [0.4, 0.5) is 5.69 Å². The Morgan fingerprint density at radius 1 is 1.22 bits per heavy atom. The summed E-state index contributed by atoms with van der Waals surface area (Å²) in [5.41, 5.74) is 2.42. The highest BCUT2D eigenvalue weighted by Gasteiger charge is 2.27. The fourth-order valence-corrected chi connectivity index (χ4v) is 4.94. The first-order valence-corrected chi connectivity index (χ1v) is 12.0. The lowest BCUT2D eigenvalue weighted by Crippen LogP contribution is -2.40. The molecule has 32 heavy (non-hydrogen) atoms. The van der Waals surface area contributed by atoms with Crippen LogP contribution in [0.1, 0.15) is 11.1 Å². The monoisotopic (exact) mass is 475 g/mol. The lowest BCUT2D eigenvalue weighted by Gasteiger charge is -2.26. The van der Waals surface area contributed by atoms with Crippen molar-refractivity contribution < 1.29 is 17.9 Å². The van der Waals surface area contributed by atoms with Crippen LogP contribution in [0.15, 0.2) is 47.4 Å². The number of morpholine rings is 1. The zero-order chi connectivity index (χ0) is 23.1. The molecule has 1 saturated heterocycles. The van der Waals surface area contributed by atoms with E-state index in [-0.39, 0.29) is 41.1 Å². The second kappa shape index (κ2) is 10.9. The number of rotatable bonds is 8. The number of anilines is 1. The Kier molecular flexibility index (Phi) is 8.29. The summed E-state index contributed by atoms with van der Waals surface area (Å²) in [6.07, 6.45) is 5.47. The maximum atomic E-state index is 12.9. The second-order valence-corrected chi connectivity index (χ2v) is 9.89. The van der Waals surface area contributed by atoms with Gasteiger partial charge in [-0.15, -0.1) is 6.42 Å². The largest absolute Gasteiger partial charge is 0.379 e. The van der Waals surface area contributed by atoms with Gasteiger partial charge in [0, 0.05) is 19.6 Å². The molecule has 0 radical (unpaired) electrons. The minimum absolute atomic E-state index is 0.0366. The Labute approximate surface area is 194 Å². The Morgan fingerprint density at radius 2 is 1.91 bits per heavy atom. The topological polar surface area (TPSA) is 79.0 Å². The number of halogens is 1.